The van der Waals surface area contributed by atoms with Crippen LogP contribution in [0.4, 0.5) is 5.69 Å². The molecule has 1 aromatic carbocycles. The lowest BCUT2D eigenvalue weighted by molar-refractivity contribution is -0.119. The molecule has 0 radical (unpaired) electrons. The Hall–Kier alpha value is -0.620. The fourth-order valence-corrected chi connectivity index (χ4v) is 1.84. The van der Waals surface area contributed by atoms with E-state index in [1.165, 1.54) is 0 Å². The zero-order chi connectivity index (χ0) is 12.0. The van der Waals surface area contributed by atoms with Gasteiger partial charge in [0.2, 0.25) is 5.91 Å². The van der Waals surface area contributed by atoms with Gasteiger partial charge in [-0.3, -0.25) is 4.79 Å². The van der Waals surface area contributed by atoms with E-state index in [2.05, 4.69) is 34.8 Å². The molecular weight excluding hydrogens is 315 g/mol. The molecule has 0 heterocycles. The van der Waals surface area contributed by atoms with Gasteiger partial charge < -0.3 is 11.1 Å². The molecule has 1 unspecified atom stereocenters. The molecule has 1 amide bonds. The Labute approximate surface area is 110 Å². The van der Waals surface area contributed by atoms with E-state index in [1.807, 2.05) is 24.3 Å². The van der Waals surface area contributed by atoms with Gasteiger partial charge in [-0.05, 0) is 53.3 Å². The van der Waals surface area contributed by atoms with Crippen LogP contribution < -0.4 is 11.1 Å². The van der Waals surface area contributed by atoms with E-state index in [1.54, 1.807) is 0 Å². The van der Waals surface area contributed by atoms with Crippen molar-refractivity contribution in [2.24, 2.45) is 11.7 Å². The average Bonchev–Trinajstić information content (AvgIpc) is 2.29. The summed E-state index contributed by atoms with van der Waals surface area (Å²) >= 11 is 2.23. The van der Waals surface area contributed by atoms with E-state index in [4.69, 9.17) is 5.73 Å². The first-order chi connectivity index (χ1) is 7.67. The fourth-order valence-electron chi connectivity index (χ4n) is 1.48. The number of halogens is 1. The van der Waals surface area contributed by atoms with Crippen molar-refractivity contribution in [2.45, 2.75) is 19.8 Å². The molecular formula is C12H17IN2O. The van der Waals surface area contributed by atoms with Crippen LogP contribution in [-0.2, 0) is 4.79 Å². The van der Waals surface area contributed by atoms with Gasteiger partial charge in [0.15, 0.2) is 0 Å². The average molecular weight is 332 g/mol. The maximum atomic E-state index is 11.8. The molecule has 0 saturated heterocycles. The number of amides is 1. The van der Waals surface area contributed by atoms with Gasteiger partial charge in [-0.25, -0.2) is 0 Å². The van der Waals surface area contributed by atoms with Crippen molar-refractivity contribution in [1.82, 2.24) is 0 Å². The van der Waals surface area contributed by atoms with Crippen LogP contribution in [0.25, 0.3) is 0 Å². The van der Waals surface area contributed by atoms with E-state index in [-0.39, 0.29) is 11.8 Å². The number of benzene rings is 1. The first-order valence-corrected chi connectivity index (χ1v) is 6.51. The summed E-state index contributed by atoms with van der Waals surface area (Å²) in [6.45, 7) is 2.46. The van der Waals surface area contributed by atoms with Gasteiger partial charge in [-0.15, -0.1) is 0 Å². The highest BCUT2D eigenvalue weighted by molar-refractivity contribution is 14.1. The minimum Gasteiger partial charge on any atom is -0.330 e. The molecule has 3 nitrogen and oxygen atoms in total. The minimum atomic E-state index is -0.0794. The Bertz CT molecular complexity index is 337. The second kappa shape index (κ2) is 6.85. The van der Waals surface area contributed by atoms with Crippen molar-refractivity contribution < 1.29 is 4.79 Å². The van der Waals surface area contributed by atoms with Crippen LogP contribution in [-0.4, -0.2) is 12.5 Å². The molecule has 88 valence electrons. The topological polar surface area (TPSA) is 55.1 Å². The number of hydrogen-bond donors (Lipinski definition) is 2. The molecule has 0 aliphatic carbocycles. The van der Waals surface area contributed by atoms with Crippen molar-refractivity contribution >= 4 is 34.2 Å². The van der Waals surface area contributed by atoms with Gasteiger partial charge in [0.1, 0.15) is 0 Å². The molecule has 1 rings (SSSR count). The van der Waals surface area contributed by atoms with Crippen LogP contribution in [0.2, 0.25) is 0 Å². The number of anilines is 1. The van der Waals surface area contributed by atoms with Crippen LogP contribution in [0, 0.1) is 9.49 Å². The van der Waals surface area contributed by atoms with Gasteiger partial charge in [0.25, 0.3) is 0 Å². The van der Waals surface area contributed by atoms with Gasteiger partial charge in [-0.1, -0.05) is 13.3 Å². The maximum absolute atomic E-state index is 11.8. The Balaban J connectivity index is 2.59. The second-order valence-electron chi connectivity index (χ2n) is 3.72. The Morgan fingerprint density at radius 2 is 2.06 bits per heavy atom. The summed E-state index contributed by atoms with van der Waals surface area (Å²) in [6.07, 6.45) is 1.81. The molecule has 0 aliphatic heterocycles. The Kier molecular flexibility index (Phi) is 5.76. The third-order valence-electron chi connectivity index (χ3n) is 2.40. The smallest absolute Gasteiger partial charge is 0.228 e. The predicted octanol–water partition coefficient (Wildman–Crippen LogP) is 2.60. The molecule has 3 N–H and O–H groups in total. The van der Waals surface area contributed by atoms with Crippen LogP contribution in [0.15, 0.2) is 24.3 Å². The van der Waals surface area contributed by atoms with Crippen molar-refractivity contribution in [3.05, 3.63) is 27.8 Å². The highest BCUT2D eigenvalue weighted by atomic mass is 127. The molecule has 4 heteroatoms. The molecule has 0 spiro atoms. The zero-order valence-electron chi connectivity index (χ0n) is 9.37. The van der Waals surface area contributed by atoms with E-state index >= 15 is 0 Å². The first-order valence-electron chi connectivity index (χ1n) is 5.44. The standard InChI is InChI=1S/C12H17IN2O/c1-2-3-9(8-14)12(16)15-11-6-4-10(13)5-7-11/h4-7,9H,2-3,8,14H2,1H3,(H,15,16). The monoisotopic (exact) mass is 332 g/mol. The Morgan fingerprint density at radius 1 is 1.44 bits per heavy atom. The summed E-state index contributed by atoms with van der Waals surface area (Å²) in [4.78, 5) is 11.8. The summed E-state index contributed by atoms with van der Waals surface area (Å²) in [5, 5.41) is 2.88. The van der Waals surface area contributed by atoms with E-state index < -0.39 is 0 Å². The summed E-state index contributed by atoms with van der Waals surface area (Å²) in [6, 6.07) is 7.74. The molecule has 1 aromatic rings. The largest absolute Gasteiger partial charge is 0.330 e. The van der Waals surface area contributed by atoms with Gasteiger partial charge in [0.05, 0.1) is 5.92 Å². The highest BCUT2D eigenvalue weighted by Crippen LogP contribution is 2.13. The van der Waals surface area contributed by atoms with Crippen LogP contribution in [0.1, 0.15) is 19.8 Å². The molecule has 0 bridgehead atoms. The molecule has 0 aromatic heterocycles. The van der Waals surface area contributed by atoms with Crippen molar-refractivity contribution in [2.75, 3.05) is 11.9 Å². The molecule has 0 fully saturated rings. The fraction of sp³-hybridized carbons (Fsp3) is 0.417. The quantitative estimate of drug-likeness (QED) is 0.815. The SMILES string of the molecule is CCCC(CN)C(=O)Nc1ccc(I)cc1. The molecule has 16 heavy (non-hydrogen) atoms. The van der Waals surface area contributed by atoms with Crippen LogP contribution >= 0.6 is 22.6 Å². The maximum Gasteiger partial charge on any atom is 0.228 e. The summed E-state index contributed by atoms with van der Waals surface area (Å²) in [5.41, 5.74) is 6.41. The molecule has 0 aliphatic rings. The van der Waals surface area contributed by atoms with E-state index in [9.17, 15) is 4.79 Å². The minimum absolute atomic E-state index is 0.0190. The lowest BCUT2D eigenvalue weighted by Gasteiger charge is -2.13. The van der Waals surface area contributed by atoms with Gasteiger partial charge in [-0.2, -0.15) is 0 Å². The zero-order valence-corrected chi connectivity index (χ0v) is 11.5. The third kappa shape index (κ3) is 4.09. The van der Waals surface area contributed by atoms with Gasteiger partial charge in [0, 0.05) is 15.8 Å². The Morgan fingerprint density at radius 3 is 2.56 bits per heavy atom. The number of nitrogens with one attached hydrogen (secondary N) is 1. The number of hydrogen-bond acceptors (Lipinski definition) is 2. The summed E-state index contributed by atoms with van der Waals surface area (Å²) < 4.78 is 1.15. The van der Waals surface area contributed by atoms with Gasteiger partial charge >= 0.3 is 0 Å². The predicted molar refractivity (Wildman–Crippen MR) is 75.2 cm³/mol. The normalized spacial score (nSPS) is 12.2. The second-order valence-corrected chi connectivity index (χ2v) is 4.96. The highest BCUT2D eigenvalue weighted by Gasteiger charge is 2.15. The van der Waals surface area contributed by atoms with Crippen LogP contribution in [0.3, 0.4) is 0 Å². The third-order valence-corrected chi connectivity index (χ3v) is 3.12. The molecule has 1 atom stereocenters. The molecule has 0 saturated carbocycles. The number of carbonyl (C=O) groups is 1. The van der Waals surface area contributed by atoms with E-state index in [0.717, 1.165) is 22.1 Å². The van der Waals surface area contributed by atoms with Crippen molar-refractivity contribution in [3.63, 3.8) is 0 Å². The van der Waals surface area contributed by atoms with Crippen LogP contribution in [0.5, 0.6) is 0 Å². The van der Waals surface area contributed by atoms with E-state index in [0.29, 0.717) is 6.54 Å². The van der Waals surface area contributed by atoms with Crippen molar-refractivity contribution in [3.8, 4) is 0 Å². The lowest BCUT2D eigenvalue weighted by atomic mass is 10.0. The number of carbonyl (C=O) groups excluding carboxylic acids is 1. The lowest BCUT2D eigenvalue weighted by Crippen LogP contribution is -2.29. The number of rotatable bonds is 5. The summed E-state index contributed by atoms with van der Waals surface area (Å²) in [7, 11) is 0. The summed E-state index contributed by atoms with van der Waals surface area (Å²) in [5.74, 6) is -0.0603. The van der Waals surface area contributed by atoms with Crippen molar-refractivity contribution in [1.29, 1.82) is 0 Å². The first kappa shape index (κ1) is 13.4. The number of nitrogens with two attached hydrogens (primary N) is 1.